The van der Waals surface area contributed by atoms with Crippen molar-refractivity contribution in [3.63, 3.8) is 0 Å². The molecule has 4 rings (SSSR count). The standard InChI is InChI=1S/C19H20ClN5O2/c1-11-5-12(2)18(22-7-11)13-6-16(21-8-14(13)20)25-4-3-24-9-15(19(26)27)23-17(24)10-25/h5-8,15H,3-4,9-10H2,1-2H3,(H,26,27). The number of aliphatic imine (C=N–C) groups is 1. The van der Waals surface area contributed by atoms with Crippen molar-refractivity contribution in [1.82, 2.24) is 14.9 Å². The Morgan fingerprint density at radius 2 is 1.96 bits per heavy atom. The number of hydrogen-bond donors (Lipinski definition) is 1. The number of carbonyl (C=O) groups is 1. The minimum absolute atomic E-state index is 0.449. The molecule has 4 heterocycles. The fourth-order valence-corrected chi connectivity index (χ4v) is 3.77. The number of halogens is 1. The Bertz CT molecular complexity index is 946. The number of aromatic nitrogens is 2. The molecule has 2 aliphatic rings. The zero-order valence-electron chi connectivity index (χ0n) is 15.2. The molecule has 0 aliphatic carbocycles. The fraction of sp³-hybridized carbons (Fsp3) is 0.368. The summed E-state index contributed by atoms with van der Waals surface area (Å²) in [7, 11) is 0. The molecule has 7 nitrogen and oxygen atoms in total. The molecule has 0 spiro atoms. The van der Waals surface area contributed by atoms with E-state index in [1.807, 2.05) is 31.0 Å². The zero-order chi connectivity index (χ0) is 19.1. The van der Waals surface area contributed by atoms with Crippen molar-refractivity contribution in [2.45, 2.75) is 19.9 Å². The Labute approximate surface area is 162 Å². The average Bonchev–Trinajstić information content (AvgIpc) is 3.06. The number of fused-ring (bicyclic) bond motifs is 1. The summed E-state index contributed by atoms with van der Waals surface area (Å²) in [6.07, 6.45) is 3.48. The third-order valence-electron chi connectivity index (χ3n) is 4.96. The number of aliphatic carboxylic acids is 1. The van der Waals surface area contributed by atoms with E-state index in [4.69, 9.17) is 11.6 Å². The number of aryl methyl sites for hydroxylation is 2. The molecule has 0 bridgehead atoms. The van der Waals surface area contributed by atoms with Gasteiger partial charge in [0, 0.05) is 31.0 Å². The number of hydrogen-bond acceptors (Lipinski definition) is 6. The molecule has 0 aromatic carbocycles. The van der Waals surface area contributed by atoms with Crippen molar-refractivity contribution in [2.24, 2.45) is 4.99 Å². The Hall–Kier alpha value is -2.67. The summed E-state index contributed by atoms with van der Waals surface area (Å²) in [5.74, 6) is 0.713. The molecule has 1 fully saturated rings. The molecule has 1 N–H and O–H groups in total. The van der Waals surface area contributed by atoms with Crippen molar-refractivity contribution in [3.05, 3.63) is 40.7 Å². The highest BCUT2D eigenvalue weighted by Gasteiger charge is 2.34. The SMILES string of the molecule is Cc1cnc(-c2cc(N3CCN4CC(C(=O)O)N=C4C3)ncc2Cl)c(C)c1. The van der Waals surface area contributed by atoms with E-state index in [0.29, 0.717) is 18.1 Å². The highest BCUT2D eigenvalue weighted by Crippen LogP contribution is 2.32. The lowest BCUT2D eigenvalue weighted by Gasteiger charge is -2.34. The quantitative estimate of drug-likeness (QED) is 0.873. The molecule has 1 unspecified atom stereocenters. The highest BCUT2D eigenvalue weighted by molar-refractivity contribution is 6.33. The van der Waals surface area contributed by atoms with Gasteiger partial charge in [-0.15, -0.1) is 0 Å². The van der Waals surface area contributed by atoms with E-state index in [2.05, 4.69) is 25.9 Å². The van der Waals surface area contributed by atoms with Gasteiger partial charge in [-0.05, 0) is 31.0 Å². The van der Waals surface area contributed by atoms with E-state index in [1.54, 1.807) is 6.20 Å². The maximum atomic E-state index is 11.2. The second-order valence-corrected chi connectivity index (χ2v) is 7.37. The third-order valence-corrected chi connectivity index (χ3v) is 5.26. The van der Waals surface area contributed by atoms with Crippen LogP contribution in [0.25, 0.3) is 11.3 Å². The maximum absolute atomic E-state index is 11.2. The van der Waals surface area contributed by atoms with Gasteiger partial charge in [-0.25, -0.2) is 9.78 Å². The van der Waals surface area contributed by atoms with Crippen LogP contribution in [0.1, 0.15) is 11.1 Å². The predicted octanol–water partition coefficient (Wildman–Crippen LogP) is 2.40. The van der Waals surface area contributed by atoms with Crippen molar-refractivity contribution in [1.29, 1.82) is 0 Å². The number of nitrogens with zero attached hydrogens (tertiary/aromatic N) is 5. The van der Waals surface area contributed by atoms with Crippen LogP contribution in [0.4, 0.5) is 5.82 Å². The van der Waals surface area contributed by atoms with Gasteiger partial charge >= 0.3 is 5.97 Å². The largest absolute Gasteiger partial charge is 0.480 e. The third kappa shape index (κ3) is 3.35. The van der Waals surface area contributed by atoms with Gasteiger partial charge in [0.2, 0.25) is 0 Å². The van der Waals surface area contributed by atoms with Gasteiger partial charge in [0.15, 0.2) is 6.04 Å². The molecule has 1 saturated heterocycles. The molecule has 0 radical (unpaired) electrons. The Balaban J connectivity index is 1.64. The molecule has 8 heteroatoms. The van der Waals surface area contributed by atoms with Gasteiger partial charge in [0.05, 0.1) is 23.8 Å². The first kappa shape index (κ1) is 17.7. The van der Waals surface area contributed by atoms with Gasteiger partial charge in [-0.1, -0.05) is 17.7 Å². The lowest BCUT2D eigenvalue weighted by molar-refractivity contribution is -0.138. The second-order valence-electron chi connectivity index (χ2n) is 6.97. The molecule has 2 aliphatic heterocycles. The van der Waals surface area contributed by atoms with E-state index in [9.17, 15) is 9.90 Å². The molecule has 2 aromatic heterocycles. The number of amidine groups is 1. The Kier molecular flexibility index (Phi) is 4.47. The van der Waals surface area contributed by atoms with Crippen LogP contribution < -0.4 is 4.90 Å². The summed E-state index contributed by atoms with van der Waals surface area (Å²) in [5.41, 5.74) is 3.85. The summed E-state index contributed by atoms with van der Waals surface area (Å²) in [6.45, 7) is 6.49. The number of pyridine rings is 2. The molecule has 27 heavy (non-hydrogen) atoms. The Morgan fingerprint density at radius 1 is 1.19 bits per heavy atom. The summed E-state index contributed by atoms with van der Waals surface area (Å²) >= 11 is 6.41. The van der Waals surface area contributed by atoms with Crippen molar-refractivity contribution in [2.75, 3.05) is 31.1 Å². The smallest absolute Gasteiger partial charge is 0.330 e. The first-order chi connectivity index (χ1) is 12.9. The van der Waals surface area contributed by atoms with Crippen molar-refractivity contribution in [3.8, 4) is 11.3 Å². The lowest BCUT2D eigenvalue weighted by atomic mass is 10.1. The molecular weight excluding hydrogens is 366 g/mol. The predicted molar refractivity (Wildman–Crippen MR) is 105 cm³/mol. The van der Waals surface area contributed by atoms with E-state index >= 15 is 0 Å². The van der Waals surface area contributed by atoms with Gasteiger partial charge in [0.25, 0.3) is 0 Å². The van der Waals surface area contributed by atoms with Gasteiger partial charge in [-0.2, -0.15) is 0 Å². The summed E-state index contributed by atoms with van der Waals surface area (Å²) < 4.78 is 0. The van der Waals surface area contributed by atoms with Crippen LogP contribution in [0.5, 0.6) is 0 Å². The topological polar surface area (TPSA) is 81.9 Å². The van der Waals surface area contributed by atoms with Crippen LogP contribution in [-0.2, 0) is 4.79 Å². The van der Waals surface area contributed by atoms with Crippen LogP contribution >= 0.6 is 11.6 Å². The van der Waals surface area contributed by atoms with Crippen molar-refractivity contribution >= 4 is 29.2 Å². The molecule has 1 atom stereocenters. The minimum atomic E-state index is -0.878. The van der Waals surface area contributed by atoms with Crippen LogP contribution in [0.15, 0.2) is 29.5 Å². The first-order valence-electron chi connectivity index (χ1n) is 8.81. The number of piperazine rings is 1. The van der Waals surface area contributed by atoms with Gasteiger partial charge in [-0.3, -0.25) is 9.98 Å². The number of carboxylic acid groups (broad SMARTS) is 1. The normalized spacial score (nSPS) is 19.1. The van der Waals surface area contributed by atoms with E-state index in [0.717, 1.165) is 47.1 Å². The minimum Gasteiger partial charge on any atom is -0.480 e. The second kappa shape index (κ2) is 6.81. The van der Waals surface area contributed by atoms with Crippen LogP contribution in [0, 0.1) is 13.8 Å². The van der Waals surface area contributed by atoms with E-state index in [-0.39, 0.29) is 0 Å². The van der Waals surface area contributed by atoms with Crippen molar-refractivity contribution < 1.29 is 9.90 Å². The number of carboxylic acids is 1. The summed E-state index contributed by atoms with van der Waals surface area (Å²) in [6, 6.07) is 3.36. The van der Waals surface area contributed by atoms with Crippen LogP contribution in [0.3, 0.4) is 0 Å². The van der Waals surface area contributed by atoms with Gasteiger partial charge < -0.3 is 14.9 Å². The molecule has 140 valence electrons. The van der Waals surface area contributed by atoms with E-state index in [1.165, 1.54) is 0 Å². The van der Waals surface area contributed by atoms with Gasteiger partial charge in [0.1, 0.15) is 11.7 Å². The maximum Gasteiger partial charge on any atom is 0.330 e. The highest BCUT2D eigenvalue weighted by atomic mass is 35.5. The molecular formula is C19H20ClN5O2. The monoisotopic (exact) mass is 385 g/mol. The number of anilines is 1. The fourth-order valence-electron chi connectivity index (χ4n) is 3.58. The van der Waals surface area contributed by atoms with Crippen LogP contribution in [0.2, 0.25) is 5.02 Å². The zero-order valence-corrected chi connectivity index (χ0v) is 15.9. The molecule has 2 aromatic rings. The van der Waals surface area contributed by atoms with E-state index < -0.39 is 12.0 Å². The first-order valence-corrected chi connectivity index (χ1v) is 9.18. The molecule has 0 amide bonds. The summed E-state index contributed by atoms with van der Waals surface area (Å²) in [5, 5.41) is 9.76. The summed E-state index contributed by atoms with van der Waals surface area (Å²) in [4.78, 5) is 28.7. The average molecular weight is 386 g/mol. The Morgan fingerprint density at radius 3 is 2.70 bits per heavy atom. The van der Waals surface area contributed by atoms with Crippen LogP contribution in [-0.4, -0.2) is 64.0 Å². The molecule has 0 saturated carbocycles. The number of rotatable bonds is 3. The lowest BCUT2D eigenvalue weighted by Crippen LogP contribution is -2.49.